The zero-order valence-corrected chi connectivity index (χ0v) is 13.3. The monoisotopic (exact) mass is 346 g/mol. The Kier molecular flexibility index (Phi) is 6.75. The lowest BCUT2D eigenvalue weighted by Crippen LogP contribution is -2.08. The second-order valence-corrected chi connectivity index (χ2v) is 7.09. The van der Waals surface area contributed by atoms with Crippen LogP contribution in [0.5, 0.6) is 0 Å². The standard InChI is InChI=1S/C14H19BrO3S/c1-2-3-5-10-14(16)13(15)11-19(17,18)12-8-6-4-7-9-12/h4,6-9,11,14,16H,2-3,5,10H2,1H3/b13-11+. The number of halogens is 1. The molecule has 0 saturated heterocycles. The van der Waals surface area contributed by atoms with Crippen LogP contribution in [-0.2, 0) is 9.84 Å². The van der Waals surface area contributed by atoms with Crippen LogP contribution in [0.15, 0.2) is 45.1 Å². The first kappa shape index (κ1) is 16.4. The smallest absolute Gasteiger partial charge is 0.200 e. The maximum absolute atomic E-state index is 12.1. The third kappa shape index (κ3) is 5.47. The minimum Gasteiger partial charge on any atom is -0.388 e. The van der Waals surface area contributed by atoms with E-state index in [9.17, 15) is 13.5 Å². The van der Waals surface area contributed by atoms with Crippen molar-refractivity contribution in [1.82, 2.24) is 0 Å². The summed E-state index contributed by atoms with van der Waals surface area (Å²) < 4.78 is 24.4. The molecule has 19 heavy (non-hydrogen) atoms. The van der Waals surface area contributed by atoms with E-state index < -0.39 is 15.9 Å². The summed E-state index contributed by atoms with van der Waals surface area (Å²) in [6, 6.07) is 8.18. The molecule has 1 aromatic carbocycles. The van der Waals surface area contributed by atoms with E-state index in [1.54, 1.807) is 18.2 Å². The van der Waals surface area contributed by atoms with Crippen molar-refractivity contribution in [2.24, 2.45) is 0 Å². The minimum atomic E-state index is -3.50. The third-order valence-electron chi connectivity index (χ3n) is 2.74. The molecule has 1 rings (SSSR count). The van der Waals surface area contributed by atoms with Crippen molar-refractivity contribution in [3.05, 3.63) is 40.2 Å². The highest BCUT2D eigenvalue weighted by molar-refractivity contribution is 9.11. The number of sulfone groups is 1. The van der Waals surface area contributed by atoms with Gasteiger partial charge >= 0.3 is 0 Å². The van der Waals surface area contributed by atoms with E-state index in [0.717, 1.165) is 24.7 Å². The van der Waals surface area contributed by atoms with Gasteiger partial charge in [0, 0.05) is 9.89 Å². The summed E-state index contributed by atoms with van der Waals surface area (Å²) in [6.07, 6.45) is 2.78. The molecule has 1 N–H and O–H groups in total. The van der Waals surface area contributed by atoms with Crippen LogP contribution in [0, 0.1) is 0 Å². The molecule has 5 heteroatoms. The Morgan fingerprint density at radius 2 is 1.95 bits per heavy atom. The van der Waals surface area contributed by atoms with Crippen LogP contribution in [0.2, 0.25) is 0 Å². The van der Waals surface area contributed by atoms with E-state index in [2.05, 4.69) is 22.9 Å². The average Bonchev–Trinajstić information content (AvgIpc) is 2.39. The van der Waals surface area contributed by atoms with Crippen LogP contribution in [0.4, 0.5) is 0 Å². The van der Waals surface area contributed by atoms with E-state index in [0.29, 0.717) is 10.9 Å². The van der Waals surface area contributed by atoms with Gasteiger partial charge in [0.15, 0.2) is 0 Å². The molecule has 0 aliphatic rings. The summed E-state index contributed by atoms with van der Waals surface area (Å²) in [5.74, 6) is 0. The fourth-order valence-electron chi connectivity index (χ4n) is 1.63. The molecule has 3 nitrogen and oxygen atoms in total. The van der Waals surface area contributed by atoms with E-state index in [-0.39, 0.29) is 4.90 Å². The number of benzene rings is 1. The predicted octanol–water partition coefficient (Wildman–Crippen LogP) is 3.64. The lowest BCUT2D eigenvalue weighted by Gasteiger charge is -2.09. The first-order chi connectivity index (χ1) is 8.97. The van der Waals surface area contributed by atoms with Gasteiger partial charge in [0.1, 0.15) is 0 Å². The van der Waals surface area contributed by atoms with Gasteiger partial charge in [-0.25, -0.2) is 8.42 Å². The van der Waals surface area contributed by atoms with E-state index in [1.807, 2.05) is 0 Å². The van der Waals surface area contributed by atoms with Gasteiger partial charge in [0.05, 0.1) is 11.0 Å². The summed E-state index contributed by atoms with van der Waals surface area (Å²) >= 11 is 3.16. The normalized spacial score (nSPS) is 14.4. The summed E-state index contributed by atoms with van der Waals surface area (Å²) in [4.78, 5) is 0.229. The zero-order valence-electron chi connectivity index (χ0n) is 10.9. The van der Waals surface area contributed by atoms with Crippen LogP contribution in [0.3, 0.4) is 0 Å². The van der Waals surface area contributed by atoms with Crippen molar-refractivity contribution < 1.29 is 13.5 Å². The summed E-state index contributed by atoms with van der Waals surface area (Å²) in [5.41, 5.74) is 0. The molecule has 0 bridgehead atoms. The van der Waals surface area contributed by atoms with Gasteiger partial charge in [0.25, 0.3) is 0 Å². The molecule has 0 heterocycles. The topological polar surface area (TPSA) is 54.4 Å². The van der Waals surface area contributed by atoms with Gasteiger partial charge in [-0.15, -0.1) is 0 Å². The van der Waals surface area contributed by atoms with Crippen LogP contribution in [-0.4, -0.2) is 19.6 Å². The van der Waals surface area contributed by atoms with Crippen LogP contribution >= 0.6 is 15.9 Å². The van der Waals surface area contributed by atoms with Crippen LogP contribution < -0.4 is 0 Å². The lowest BCUT2D eigenvalue weighted by atomic mass is 10.1. The van der Waals surface area contributed by atoms with Crippen molar-refractivity contribution >= 4 is 25.8 Å². The highest BCUT2D eigenvalue weighted by Gasteiger charge is 2.15. The predicted molar refractivity (Wildman–Crippen MR) is 80.8 cm³/mol. The second kappa shape index (κ2) is 7.82. The molecule has 1 atom stereocenters. The first-order valence-corrected chi connectivity index (χ1v) is 8.66. The Morgan fingerprint density at radius 1 is 1.32 bits per heavy atom. The summed E-state index contributed by atoms with van der Waals surface area (Å²) in [6.45, 7) is 2.08. The van der Waals surface area contributed by atoms with Gasteiger partial charge in [-0.05, 0) is 18.6 Å². The minimum absolute atomic E-state index is 0.229. The molecule has 1 aromatic rings. The second-order valence-electron chi connectivity index (χ2n) is 4.37. The molecule has 0 spiro atoms. The Labute approximate surface area is 123 Å². The summed E-state index contributed by atoms with van der Waals surface area (Å²) in [7, 11) is -3.50. The number of rotatable bonds is 7. The van der Waals surface area contributed by atoms with Gasteiger partial charge in [-0.2, -0.15) is 0 Å². The Bertz CT molecular complexity index is 509. The molecular formula is C14H19BrO3S. The van der Waals surface area contributed by atoms with Crippen LogP contribution in [0.25, 0.3) is 0 Å². The highest BCUT2D eigenvalue weighted by atomic mass is 79.9. The maximum Gasteiger partial charge on any atom is 0.200 e. The van der Waals surface area contributed by atoms with E-state index >= 15 is 0 Å². The van der Waals surface area contributed by atoms with Gasteiger partial charge in [0.2, 0.25) is 9.84 Å². The van der Waals surface area contributed by atoms with Crippen molar-refractivity contribution in [3.8, 4) is 0 Å². The summed E-state index contributed by atoms with van der Waals surface area (Å²) in [5, 5.41) is 11.0. The fraction of sp³-hybridized carbons (Fsp3) is 0.429. The van der Waals surface area contributed by atoms with Crippen molar-refractivity contribution in [2.45, 2.75) is 43.6 Å². The third-order valence-corrected chi connectivity index (χ3v) is 5.29. The van der Waals surface area contributed by atoms with Crippen molar-refractivity contribution in [3.63, 3.8) is 0 Å². The number of unbranched alkanes of at least 4 members (excludes halogenated alkanes) is 2. The molecule has 0 amide bonds. The lowest BCUT2D eigenvalue weighted by molar-refractivity contribution is 0.205. The van der Waals surface area contributed by atoms with Gasteiger partial charge < -0.3 is 5.11 Å². The number of aliphatic hydroxyl groups is 1. The molecule has 0 aromatic heterocycles. The largest absolute Gasteiger partial charge is 0.388 e. The van der Waals surface area contributed by atoms with Crippen LogP contribution in [0.1, 0.15) is 32.6 Å². The molecule has 106 valence electrons. The van der Waals surface area contributed by atoms with E-state index in [1.165, 1.54) is 12.1 Å². The highest BCUT2D eigenvalue weighted by Crippen LogP contribution is 2.21. The molecule has 0 radical (unpaired) electrons. The number of aliphatic hydroxyl groups excluding tert-OH is 1. The molecular weight excluding hydrogens is 328 g/mol. The Balaban J connectivity index is 2.77. The number of hydrogen-bond donors (Lipinski definition) is 1. The molecule has 0 saturated carbocycles. The van der Waals surface area contributed by atoms with Gasteiger partial charge in [-0.3, -0.25) is 0 Å². The molecule has 0 aliphatic heterocycles. The molecule has 0 aliphatic carbocycles. The zero-order chi connectivity index (χ0) is 14.3. The maximum atomic E-state index is 12.1. The SMILES string of the molecule is CCCCCC(O)/C(Br)=C\S(=O)(=O)c1ccccc1. The fourth-order valence-corrected chi connectivity index (χ4v) is 3.72. The van der Waals surface area contributed by atoms with Gasteiger partial charge in [-0.1, -0.05) is 60.3 Å². The first-order valence-electron chi connectivity index (χ1n) is 6.32. The molecule has 1 unspecified atom stereocenters. The molecule has 0 fully saturated rings. The van der Waals surface area contributed by atoms with Crippen molar-refractivity contribution in [1.29, 1.82) is 0 Å². The quantitative estimate of drug-likeness (QED) is 0.766. The van der Waals surface area contributed by atoms with E-state index in [4.69, 9.17) is 0 Å². The Morgan fingerprint density at radius 3 is 2.53 bits per heavy atom. The van der Waals surface area contributed by atoms with Crippen molar-refractivity contribution in [2.75, 3.05) is 0 Å². The average molecular weight is 347 g/mol. The Hall–Kier alpha value is -0.650. The number of hydrogen-bond acceptors (Lipinski definition) is 3.